The van der Waals surface area contributed by atoms with Crippen LogP contribution in [0.4, 0.5) is 0 Å². The number of hydrogen-bond acceptors (Lipinski definition) is 5. The lowest BCUT2D eigenvalue weighted by molar-refractivity contribution is 0.0946. The molecule has 2 rings (SSSR count). The molecular formula is C10H13N3O3. The standard InChI is InChI=1S/C10H13N3O3/c1-15-8-5-7(10(16-2)13-12-8)9(14)11-6-3-4-6/h5-6H,3-4H2,1-2H3,(H,11,14). The van der Waals surface area contributed by atoms with Gasteiger partial charge in [-0.3, -0.25) is 4.79 Å². The molecule has 1 aliphatic rings. The van der Waals surface area contributed by atoms with Crippen LogP contribution in [-0.2, 0) is 0 Å². The summed E-state index contributed by atoms with van der Waals surface area (Å²) in [7, 11) is 2.92. The second-order valence-electron chi connectivity index (χ2n) is 3.56. The second-order valence-corrected chi connectivity index (χ2v) is 3.56. The van der Waals surface area contributed by atoms with Gasteiger partial charge in [0.1, 0.15) is 5.56 Å². The zero-order chi connectivity index (χ0) is 11.5. The van der Waals surface area contributed by atoms with Crippen molar-refractivity contribution in [2.24, 2.45) is 0 Å². The molecule has 6 heteroatoms. The predicted molar refractivity (Wildman–Crippen MR) is 55.6 cm³/mol. The van der Waals surface area contributed by atoms with E-state index in [1.165, 1.54) is 20.3 Å². The highest BCUT2D eigenvalue weighted by atomic mass is 16.5. The van der Waals surface area contributed by atoms with Crippen LogP contribution in [-0.4, -0.2) is 36.4 Å². The van der Waals surface area contributed by atoms with Crippen molar-refractivity contribution in [2.45, 2.75) is 18.9 Å². The van der Waals surface area contributed by atoms with E-state index in [-0.39, 0.29) is 17.8 Å². The van der Waals surface area contributed by atoms with Gasteiger partial charge in [-0.1, -0.05) is 0 Å². The van der Waals surface area contributed by atoms with Crippen molar-refractivity contribution in [3.05, 3.63) is 11.6 Å². The van der Waals surface area contributed by atoms with Crippen LogP contribution in [0.25, 0.3) is 0 Å². The fourth-order valence-electron chi connectivity index (χ4n) is 1.27. The van der Waals surface area contributed by atoms with Gasteiger partial charge < -0.3 is 14.8 Å². The molecule has 0 atom stereocenters. The summed E-state index contributed by atoms with van der Waals surface area (Å²) in [5.41, 5.74) is 0.348. The van der Waals surface area contributed by atoms with E-state index in [4.69, 9.17) is 9.47 Å². The lowest BCUT2D eigenvalue weighted by Crippen LogP contribution is -2.26. The van der Waals surface area contributed by atoms with Crippen molar-refractivity contribution < 1.29 is 14.3 Å². The Morgan fingerprint density at radius 3 is 2.69 bits per heavy atom. The first-order valence-corrected chi connectivity index (χ1v) is 5.01. The number of carbonyl (C=O) groups is 1. The average molecular weight is 223 g/mol. The molecule has 0 aliphatic heterocycles. The Labute approximate surface area is 93.0 Å². The van der Waals surface area contributed by atoms with Crippen molar-refractivity contribution in [2.75, 3.05) is 14.2 Å². The van der Waals surface area contributed by atoms with Gasteiger partial charge in [0.2, 0.25) is 11.8 Å². The summed E-state index contributed by atoms with van der Waals surface area (Å²) in [5.74, 6) is 0.299. The number of nitrogens with one attached hydrogen (secondary N) is 1. The SMILES string of the molecule is COc1cc(C(=O)NC2CC2)c(OC)nn1. The highest BCUT2D eigenvalue weighted by Crippen LogP contribution is 2.22. The summed E-state index contributed by atoms with van der Waals surface area (Å²) in [5, 5.41) is 10.3. The van der Waals surface area contributed by atoms with E-state index in [0.29, 0.717) is 11.4 Å². The molecule has 16 heavy (non-hydrogen) atoms. The largest absolute Gasteiger partial charge is 0.480 e. The molecule has 1 fully saturated rings. The second kappa shape index (κ2) is 4.34. The first-order chi connectivity index (χ1) is 7.74. The molecule has 1 heterocycles. The summed E-state index contributed by atoms with van der Waals surface area (Å²) in [6.07, 6.45) is 2.06. The first-order valence-electron chi connectivity index (χ1n) is 5.01. The monoisotopic (exact) mass is 223 g/mol. The predicted octanol–water partition coefficient (Wildman–Crippen LogP) is 0.386. The molecule has 0 radical (unpaired) electrons. The van der Waals surface area contributed by atoms with Crippen molar-refractivity contribution in [1.82, 2.24) is 15.5 Å². The molecule has 0 aromatic carbocycles. The van der Waals surface area contributed by atoms with Crippen LogP contribution in [0.2, 0.25) is 0 Å². The van der Waals surface area contributed by atoms with Crippen LogP contribution in [0.15, 0.2) is 6.07 Å². The molecular weight excluding hydrogens is 210 g/mol. The molecule has 0 spiro atoms. The van der Waals surface area contributed by atoms with Gasteiger partial charge in [0.15, 0.2) is 0 Å². The lowest BCUT2D eigenvalue weighted by atomic mass is 10.2. The molecule has 1 amide bonds. The minimum absolute atomic E-state index is 0.201. The van der Waals surface area contributed by atoms with E-state index >= 15 is 0 Å². The molecule has 0 bridgehead atoms. The van der Waals surface area contributed by atoms with E-state index in [0.717, 1.165) is 12.8 Å². The summed E-state index contributed by atoms with van der Waals surface area (Å²) in [4.78, 5) is 11.8. The summed E-state index contributed by atoms with van der Waals surface area (Å²) in [6, 6.07) is 1.81. The van der Waals surface area contributed by atoms with Gasteiger partial charge in [-0.2, -0.15) is 0 Å². The summed E-state index contributed by atoms with van der Waals surface area (Å²) in [6.45, 7) is 0. The highest BCUT2D eigenvalue weighted by molar-refractivity contribution is 5.96. The molecule has 1 aromatic rings. The highest BCUT2D eigenvalue weighted by Gasteiger charge is 2.26. The maximum absolute atomic E-state index is 11.8. The van der Waals surface area contributed by atoms with Gasteiger partial charge in [-0.25, -0.2) is 0 Å². The van der Waals surface area contributed by atoms with Gasteiger partial charge in [-0.15, -0.1) is 10.2 Å². The number of aromatic nitrogens is 2. The van der Waals surface area contributed by atoms with Crippen LogP contribution in [0.1, 0.15) is 23.2 Å². The number of rotatable bonds is 4. The molecule has 6 nitrogen and oxygen atoms in total. The first kappa shape index (κ1) is 10.7. The van der Waals surface area contributed by atoms with Crippen LogP contribution in [0.5, 0.6) is 11.8 Å². The van der Waals surface area contributed by atoms with Crippen LogP contribution < -0.4 is 14.8 Å². The third kappa shape index (κ3) is 2.21. The van der Waals surface area contributed by atoms with E-state index in [1.54, 1.807) is 0 Å². The topological polar surface area (TPSA) is 73.3 Å². The minimum Gasteiger partial charge on any atom is -0.480 e. The maximum Gasteiger partial charge on any atom is 0.257 e. The number of hydrogen-bond donors (Lipinski definition) is 1. The van der Waals surface area contributed by atoms with Crippen molar-refractivity contribution in [3.63, 3.8) is 0 Å². The third-order valence-electron chi connectivity index (χ3n) is 2.30. The Kier molecular flexibility index (Phi) is 2.89. The molecule has 1 saturated carbocycles. The zero-order valence-corrected chi connectivity index (χ0v) is 9.19. The molecule has 0 saturated heterocycles. The van der Waals surface area contributed by atoms with Gasteiger partial charge in [0, 0.05) is 12.1 Å². The molecule has 0 unspecified atom stereocenters. The summed E-state index contributed by atoms with van der Waals surface area (Å²) < 4.78 is 9.89. The van der Waals surface area contributed by atoms with E-state index in [9.17, 15) is 4.79 Å². The van der Waals surface area contributed by atoms with E-state index in [2.05, 4.69) is 15.5 Å². The smallest absolute Gasteiger partial charge is 0.257 e. The van der Waals surface area contributed by atoms with Crippen molar-refractivity contribution in [3.8, 4) is 11.8 Å². The summed E-state index contributed by atoms with van der Waals surface area (Å²) >= 11 is 0. The van der Waals surface area contributed by atoms with Crippen LogP contribution >= 0.6 is 0 Å². The molecule has 1 aliphatic carbocycles. The maximum atomic E-state index is 11.8. The molecule has 86 valence electrons. The van der Waals surface area contributed by atoms with E-state index in [1.807, 2.05) is 0 Å². The average Bonchev–Trinajstić information content (AvgIpc) is 3.12. The Balaban J connectivity index is 2.23. The Morgan fingerprint density at radius 1 is 1.38 bits per heavy atom. The minimum atomic E-state index is -0.201. The van der Waals surface area contributed by atoms with E-state index < -0.39 is 0 Å². The number of carbonyl (C=O) groups excluding carboxylic acids is 1. The van der Waals surface area contributed by atoms with Crippen molar-refractivity contribution >= 4 is 5.91 Å². The number of methoxy groups -OCH3 is 2. The fraction of sp³-hybridized carbons (Fsp3) is 0.500. The fourth-order valence-corrected chi connectivity index (χ4v) is 1.27. The number of nitrogens with zero attached hydrogens (tertiary/aromatic N) is 2. The van der Waals surface area contributed by atoms with Crippen LogP contribution in [0, 0.1) is 0 Å². The van der Waals surface area contributed by atoms with Gasteiger partial charge in [-0.05, 0) is 12.8 Å². The normalized spacial score (nSPS) is 14.4. The Hall–Kier alpha value is -1.85. The van der Waals surface area contributed by atoms with Gasteiger partial charge in [0.05, 0.1) is 14.2 Å². The van der Waals surface area contributed by atoms with Crippen LogP contribution in [0.3, 0.4) is 0 Å². The number of ether oxygens (including phenoxy) is 2. The quantitative estimate of drug-likeness (QED) is 0.799. The van der Waals surface area contributed by atoms with Crippen molar-refractivity contribution in [1.29, 1.82) is 0 Å². The number of amides is 1. The lowest BCUT2D eigenvalue weighted by Gasteiger charge is -2.08. The zero-order valence-electron chi connectivity index (χ0n) is 9.19. The molecule has 1 aromatic heterocycles. The Bertz CT molecular complexity index is 404. The van der Waals surface area contributed by atoms with Gasteiger partial charge >= 0.3 is 0 Å². The third-order valence-corrected chi connectivity index (χ3v) is 2.30. The Morgan fingerprint density at radius 2 is 2.12 bits per heavy atom. The van der Waals surface area contributed by atoms with Gasteiger partial charge in [0.25, 0.3) is 5.91 Å². The molecule has 1 N–H and O–H groups in total.